The highest BCUT2D eigenvalue weighted by molar-refractivity contribution is 7.17. The lowest BCUT2D eigenvalue weighted by Crippen LogP contribution is -2.13. The van der Waals surface area contributed by atoms with Crippen molar-refractivity contribution in [1.29, 1.82) is 0 Å². The van der Waals surface area contributed by atoms with Crippen molar-refractivity contribution in [3.63, 3.8) is 0 Å². The summed E-state index contributed by atoms with van der Waals surface area (Å²) in [6, 6.07) is 9.83. The summed E-state index contributed by atoms with van der Waals surface area (Å²) in [6.07, 6.45) is 0. The van der Waals surface area contributed by atoms with Crippen LogP contribution in [0.15, 0.2) is 41.8 Å². The van der Waals surface area contributed by atoms with E-state index in [0.29, 0.717) is 5.13 Å². The number of benzene rings is 1. The summed E-state index contributed by atoms with van der Waals surface area (Å²) in [6.45, 7) is 1.95. The number of thiazole rings is 1. The number of halogens is 1. The van der Waals surface area contributed by atoms with Gasteiger partial charge < -0.3 is 0 Å². The molecule has 0 aliphatic rings. The van der Waals surface area contributed by atoms with Crippen LogP contribution in [0.25, 0.3) is 10.6 Å². The molecule has 2 aromatic heterocycles. The molecule has 6 heteroatoms. The largest absolute Gasteiger partial charge is 0.298 e. The topological polar surface area (TPSA) is 42.0 Å². The highest BCUT2D eigenvalue weighted by Gasteiger charge is 2.15. The van der Waals surface area contributed by atoms with Gasteiger partial charge in [-0.3, -0.25) is 10.1 Å². The number of hydrogen-bond acceptors (Lipinski definition) is 4. The number of rotatable bonds is 3. The van der Waals surface area contributed by atoms with E-state index in [2.05, 4.69) is 10.3 Å². The Kier molecular flexibility index (Phi) is 3.81. The molecule has 0 aliphatic heterocycles. The second kappa shape index (κ2) is 5.75. The number of aryl methyl sites for hydroxylation is 1. The summed E-state index contributed by atoms with van der Waals surface area (Å²) in [4.78, 5) is 18.5. The van der Waals surface area contributed by atoms with Crippen molar-refractivity contribution in [2.45, 2.75) is 6.92 Å². The van der Waals surface area contributed by atoms with E-state index in [9.17, 15) is 9.18 Å². The minimum atomic E-state index is -0.540. The Morgan fingerprint density at radius 3 is 2.76 bits per heavy atom. The maximum Gasteiger partial charge on any atom is 0.260 e. The fraction of sp³-hybridized carbons (Fsp3) is 0.0667. The zero-order chi connectivity index (χ0) is 14.8. The van der Waals surface area contributed by atoms with Crippen LogP contribution in [0.2, 0.25) is 0 Å². The van der Waals surface area contributed by atoms with E-state index in [1.807, 2.05) is 24.4 Å². The van der Waals surface area contributed by atoms with Gasteiger partial charge in [-0.15, -0.1) is 22.7 Å². The molecule has 0 saturated heterocycles. The van der Waals surface area contributed by atoms with E-state index in [1.54, 1.807) is 23.5 Å². The molecule has 0 fully saturated rings. The van der Waals surface area contributed by atoms with Crippen LogP contribution in [-0.2, 0) is 0 Å². The Labute approximate surface area is 129 Å². The minimum Gasteiger partial charge on any atom is -0.298 e. The average molecular weight is 318 g/mol. The SMILES string of the molecule is Cc1sc(NC(=O)c2ccccc2F)nc1-c1cccs1. The number of nitrogens with one attached hydrogen (secondary N) is 1. The van der Waals surface area contributed by atoms with Crippen molar-refractivity contribution in [3.8, 4) is 10.6 Å². The first-order valence-electron chi connectivity index (χ1n) is 6.22. The molecule has 1 amide bonds. The summed E-state index contributed by atoms with van der Waals surface area (Å²) >= 11 is 2.98. The van der Waals surface area contributed by atoms with Crippen molar-refractivity contribution in [2.24, 2.45) is 0 Å². The van der Waals surface area contributed by atoms with Gasteiger partial charge in [0.25, 0.3) is 5.91 Å². The molecule has 0 aliphatic carbocycles. The molecule has 106 valence electrons. The number of aromatic nitrogens is 1. The number of thiophene rings is 1. The number of amides is 1. The van der Waals surface area contributed by atoms with Gasteiger partial charge in [0, 0.05) is 4.88 Å². The quantitative estimate of drug-likeness (QED) is 0.768. The van der Waals surface area contributed by atoms with Gasteiger partial charge in [-0.05, 0) is 30.5 Å². The molecule has 1 aromatic carbocycles. The molecule has 0 saturated carbocycles. The summed E-state index contributed by atoms with van der Waals surface area (Å²) < 4.78 is 13.6. The average Bonchev–Trinajstić information content (AvgIpc) is 3.08. The first-order valence-corrected chi connectivity index (χ1v) is 7.92. The molecule has 0 atom stereocenters. The van der Waals surface area contributed by atoms with E-state index < -0.39 is 11.7 Å². The second-order valence-corrected chi connectivity index (χ2v) is 6.49. The van der Waals surface area contributed by atoms with Crippen molar-refractivity contribution >= 4 is 33.7 Å². The van der Waals surface area contributed by atoms with Gasteiger partial charge in [0.1, 0.15) is 5.82 Å². The molecule has 3 aromatic rings. The molecule has 3 nitrogen and oxygen atoms in total. The maximum absolute atomic E-state index is 13.6. The van der Waals surface area contributed by atoms with Gasteiger partial charge >= 0.3 is 0 Å². The van der Waals surface area contributed by atoms with E-state index in [1.165, 1.54) is 23.5 Å². The third kappa shape index (κ3) is 2.86. The van der Waals surface area contributed by atoms with E-state index in [4.69, 9.17) is 0 Å². The zero-order valence-electron chi connectivity index (χ0n) is 11.1. The summed E-state index contributed by atoms with van der Waals surface area (Å²) in [5.41, 5.74) is 0.877. The molecule has 3 rings (SSSR count). The zero-order valence-corrected chi connectivity index (χ0v) is 12.7. The van der Waals surface area contributed by atoms with E-state index >= 15 is 0 Å². The highest BCUT2D eigenvalue weighted by atomic mass is 32.1. The van der Waals surface area contributed by atoms with Crippen molar-refractivity contribution in [1.82, 2.24) is 4.98 Å². The van der Waals surface area contributed by atoms with Crippen molar-refractivity contribution in [2.75, 3.05) is 5.32 Å². The van der Waals surface area contributed by atoms with Crippen LogP contribution in [0.5, 0.6) is 0 Å². The number of nitrogens with zero attached hydrogens (tertiary/aromatic N) is 1. The predicted molar refractivity (Wildman–Crippen MR) is 84.5 cm³/mol. The molecule has 0 spiro atoms. The van der Waals surface area contributed by atoms with Crippen LogP contribution in [0.1, 0.15) is 15.2 Å². The van der Waals surface area contributed by atoms with Gasteiger partial charge in [0.05, 0.1) is 16.1 Å². The summed E-state index contributed by atoms with van der Waals surface area (Å²) in [5, 5.41) is 5.11. The molecular formula is C15H11FN2OS2. The van der Waals surface area contributed by atoms with Crippen LogP contribution in [-0.4, -0.2) is 10.9 Å². The number of carbonyl (C=O) groups is 1. The Balaban J connectivity index is 1.85. The van der Waals surface area contributed by atoms with Gasteiger partial charge in [-0.2, -0.15) is 0 Å². The Hall–Kier alpha value is -2.05. The van der Waals surface area contributed by atoms with Crippen LogP contribution in [0.4, 0.5) is 9.52 Å². The molecule has 1 N–H and O–H groups in total. The number of carbonyl (C=O) groups excluding carboxylic acids is 1. The normalized spacial score (nSPS) is 10.6. The second-order valence-electron chi connectivity index (χ2n) is 4.34. The van der Waals surface area contributed by atoms with Gasteiger partial charge in [-0.1, -0.05) is 18.2 Å². The van der Waals surface area contributed by atoms with Crippen molar-refractivity contribution < 1.29 is 9.18 Å². The van der Waals surface area contributed by atoms with E-state index in [-0.39, 0.29) is 5.56 Å². The minimum absolute atomic E-state index is 0.0167. The van der Waals surface area contributed by atoms with Gasteiger partial charge in [0.15, 0.2) is 5.13 Å². The molecule has 0 unspecified atom stereocenters. The van der Waals surface area contributed by atoms with Crippen LogP contribution in [0, 0.1) is 12.7 Å². The van der Waals surface area contributed by atoms with E-state index in [0.717, 1.165) is 15.4 Å². The Morgan fingerprint density at radius 2 is 2.05 bits per heavy atom. The molecular weight excluding hydrogens is 307 g/mol. The lowest BCUT2D eigenvalue weighted by molar-refractivity contribution is 0.102. The first-order chi connectivity index (χ1) is 10.1. The molecule has 0 bridgehead atoms. The lowest BCUT2D eigenvalue weighted by atomic mass is 10.2. The smallest absolute Gasteiger partial charge is 0.260 e. The predicted octanol–water partition coefficient (Wildman–Crippen LogP) is 4.57. The van der Waals surface area contributed by atoms with Gasteiger partial charge in [0.2, 0.25) is 0 Å². The monoisotopic (exact) mass is 318 g/mol. The standard InChI is InChI=1S/C15H11FN2OS2/c1-9-13(12-7-4-8-20-12)17-15(21-9)18-14(19)10-5-2-3-6-11(10)16/h2-8H,1H3,(H,17,18,19). The fourth-order valence-electron chi connectivity index (χ4n) is 1.90. The number of hydrogen-bond donors (Lipinski definition) is 1. The van der Waals surface area contributed by atoms with Gasteiger partial charge in [-0.25, -0.2) is 9.37 Å². The van der Waals surface area contributed by atoms with Crippen LogP contribution >= 0.6 is 22.7 Å². The van der Waals surface area contributed by atoms with Crippen LogP contribution < -0.4 is 5.32 Å². The first kappa shape index (κ1) is 13.9. The summed E-state index contributed by atoms with van der Waals surface area (Å²) in [5.74, 6) is -1.03. The summed E-state index contributed by atoms with van der Waals surface area (Å²) in [7, 11) is 0. The Bertz CT molecular complexity index is 781. The molecule has 21 heavy (non-hydrogen) atoms. The number of anilines is 1. The lowest BCUT2D eigenvalue weighted by Gasteiger charge is -2.02. The maximum atomic E-state index is 13.6. The Morgan fingerprint density at radius 1 is 1.24 bits per heavy atom. The molecule has 2 heterocycles. The third-order valence-electron chi connectivity index (χ3n) is 2.89. The molecule has 0 radical (unpaired) electrons. The highest BCUT2D eigenvalue weighted by Crippen LogP contribution is 2.33. The third-order valence-corrected chi connectivity index (χ3v) is 4.65. The fourth-order valence-corrected chi connectivity index (χ4v) is 3.56. The van der Waals surface area contributed by atoms with Crippen molar-refractivity contribution in [3.05, 3.63) is 58.0 Å². The van der Waals surface area contributed by atoms with Crippen LogP contribution in [0.3, 0.4) is 0 Å².